The van der Waals surface area contributed by atoms with Crippen LogP contribution in [0.2, 0.25) is 10.0 Å². The Hall–Kier alpha value is -2.88. The predicted octanol–water partition coefficient (Wildman–Crippen LogP) is 6.42. The molecule has 0 unspecified atom stereocenters. The van der Waals surface area contributed by atoms with Gasteiger partial charge in [0.05, 0.1) is 5.56 Å². The normalized spacial score (nSPS) is 10.8. The molecule has 3 rings (SSSR count). The second-order valence-electron chi connectivity index (χ2n) is 6.11. The SMILES string of the molecule is Cc1ccc(C(=O)Oc2ccc(C(=O)C=Cc3c(Cl)cccc3Cl)cc2)cc1. The fraction of sp³-hybridized carbons (Fsp3) is 0.0435. The monoisotopic (exact) mass is 410 g/mol. The molecular weight excluding hydrogens is 395 g/mol. The second-order valence-corrected chi connectivity index (χ2v) is 6.93. The number of hydrogen-bond donors (Lipinski definition) is 0. The van der Waals surface area contributed by atoms with E-state index in [0.29, 0.717) is 32.5 Å². The van der Waals surface area contributed by atoms with E-state index in [4.69, 9.17) is 27.9 Å². The van der Waals surface area contributed by atoms with Crippen LogP contribution in [-0.2, 0) is 0 Å². The third kappa shape index (κ3) is 4.89. The molecule has 5 heteroatoms. The van der Waals surface area contributed by atoms with Crippen molar-refractivity contribution in [2.24, 2.45) is 0 Å². The first-order chi connectivity index (χ1) is 13.4. The number of carbonyl (C=O) groups is 2. The Balaban J connectivity index is 1.68. The molecule has 0 aromatic heterocycles. The van der Waals surface area contributed by atoms with Crippen molar-refractivity contribution in [3.63, 3.8) is 0 Å². The maximum Gasteiger partial charge on any atom is 0.343 e. The molecule has 3 aromatic rings. The Kier molecular flexibility index (Phi) is 6.30. The summed E-state index contributed by atoms with van der Waals surface area (Å²) in [6, 6.07) is 18.6. The van der Waals surface area contributed by atoms with Crippen LogP contribution in [0.3, 0.4) is 0 Å². The van der Waals surface area contributed by atoms with Crippen molar-refractivity contribution in [1.82, 2.24) is 0 Å². The standard InChI is InChI=1S/C23H16Cl2O3/c1-15-5-7-17(8-6-15)23(27)28-18-11-9-16(10-12-18)22(26)14-13-19-20(24)3-2-4-21(19)25/h2-14H,1H3. The smallest absolute Gasteiger partial charge is 0.343 e. The van der Waals surface area contributed by atoms with Crippen LogP contribution in [0.5, 0.6) is 5.75 Å². The first-order valence-corrected chi connectivity index (χ1v) is 9.25. The summed E-state index contributed by atoms with van der Waals surface area (Å²) in [4.78, 5) is 24.5. The lowest BCUT2D eigenvalue weighted by Gasteiger charge is -2.05. The van der Waals surface area contributed by atoms with Crippen molar-refractivity contribution >= 4 is 41.0 Å². The summed E-state index contributed by atoms with van der Waals surface area (Å²) in [5, 5.41) is 0.935. The van der Waals surface area contributed by atoms with E-state index < -0.39 is 5.97 Å². The van der Waals surface area contributed by atoms with Crippen molar-refractivity contribution in [2.45, 2.75) is 6.92 Å². The molecular formula is C23H16Cl2O3. The lowest BCUT2D eigenvalue weighted by atomic mass is 10.1. The molecule has 3 nitrogen and oxygen atoms in total. The lowest BCUT2D eigenvalue weighted by molar-refractivity contribution is 0.0734. The van der Waals surface area contributed by atoms with Crippen molar-refractivity contribution in [2.75, 3.05) is 0 Å². The maximum atomic E-state index is 12.3. The van der Waals surface area contributed by atoms with Crippen LogP contribution in [0.4, 0.5) is 0 Å². The number of carbonyl (C=O) groups excluding carboxylic acids is 2. The van der Waals surface area contributed by atoms with Gasteiger partial charge in [-0.05, 0) is 67.6 Å². The van der Waals surface area contributed by atoms with Crippen LogP contribution >= 0.6 is 23.2 Å². The van der Waals surface area contributed by atoms with Crippen molar-refractivity contribution in [3.05, 3.63) is 105 Å². The molecule has 0 aliphatic rings. The molecule has 0 atom stereocenters. The van der Waals surface area contributed by atoms with Crippen LogP contribution in [0.15, 0.2) is 72.8 Å². The number of ketones is 1. The molecule has 0 fully saturated rings. The van der Waals surface area contributed by atoms with E-state index in [1.807, 2.05) is 19.1 Å². The Morgan fingerprint density at radius 3 is 2.00 bits per heavy atom. The molecule has 28 heavy (non-hydrogen) atoms. The highest BCUT2D eigenvalue weighted by Gasteiger charge is 2.09. The van der Waals surface area contributed by atoms with Gasteiger partial charge in [0.15, 0.2) is 5.78 Å². The molecule has 0 saturated carbocycles. The first kappa shape index (κ1) is 19.9. The van der Waals surface area contributed by atoms with Gasteiger partial charge in [-0.3, -0.25) is 4.79 Å². The van der Waals surface area contributed by atoms with Crippen molar-refractivity contribution in [1.29, 1.82) is 0 Å². The van der Waals surface area contributed by atoms with Crippen molar-refractivity contribution in [3.8, 4) is 5.75 Å². The average molecular weight is 411 g/mol. The van der Waals surface area contributed by atoms with E-state index in [0.717, 1.165) is 5.56 Å². The number of hydrogen-bond acceptors (Lipinski definition) is 3. The zero-order chi connectivity index (χ0) is 20.1. The molecule has 140 valence electrons. The zero-order valence-electron chi connectivity index (χ0n) is 15.0. The van der Waals surface area contributed by atoms with Crippen LogP contribution < -0.4 is 4.74 Å². The Morgan fingerprint density at radius 2 is 1.39 bits per heavy atom. The topological polar surface area (TPSA) is 43.4 Å². The van der Waals surface area contributed by atoms with Gasteiger partial charge in [0, 0.05) is 21.2 Å². The summed E-state index contributed by atoms with van der Waals surface area (Å²) in [5.74, 6) is -0.306. The van der Waals surface area contributed by atoms with Crippen molar-refractivity contribution < 1.29 is 14.3 Å². The summed E-state index contributed by atoms with van der Waals surface area (Å²) in [6.45, 7) is 1.94. The molecule has 0 aliphatic heterocycles. The maximum absolute atomic E-state index is 12.3. The van der Waals surface area contributed by atoms with Gasteiger partial charge in [0.25, 0.3) is 0 Å². The highest BCUT2D eigenvalue weighted by molar-refractivity contribution is 6.37. The van der Waals surface area contributed by atoms with E-state index in [1.165, 1.54) is 6.08 Å². The highest BCUT2D eigenvalue weighted by Crippen LogP contribution is 2.25. The van der Waals surface area contributed by atoms with Gasteiger partial charge in [-0.2, -0.15) is 0 Å². The minimum Gasteiger partial charge on any atom is -0.423 e. The van der Waals surface area contributed by atoms with Gasteiger partial charge in [-0.1, -0.05) is 47.0 Å². The summed E-state index contributed by atoms with van der Waals surface area (Å²) in [5.41, 5.74) is 2.56. The number of halogens is 2. The van der Waals surface area contributed by atoms with Crippen LogP contribution in [-0.4, -0.2) is 11.8 Å². The van der Waals surface area contributed by atoms with E-state index in [1.54, 1.807) is 60.7 Å². The second kappa shape index (κ2) is 8.87. The predicted molar refractivity (Wildman–Crippen MR) is 112 cm³/mol. The van der Waals surface area contributed by atoms with Crippen LogP contribution in [0.1, 0.15) is 31.8 Å². The molecule has 0 amide bonds. The van der Waals surface area contributed by atoms with E-state index in [-0.39, 0.29) is 5.78 Å². The van der Waals surface area contributed by atoms with Gasteiger partial charge < -0.3 is 4.74 Å². The van der Waals surface area contributed by atoms with E-state index in [9.17, 15) is 9.59 Å². The summed E-state index contributed by atoms with van der Waals surface area (Å²) in [6.07, 6.45) is 2.98. The fourth-order valence-electron chi connectivity index (χ4n) is 2.47. The van der Waals surface area contributed by atoms with Gasteiger partial charge in [0.1, 0.15) is 5.75 Å². The summed E-state index contributed by atoms with van der Waals surface area (Å²) in [7, 11) is 0. The van der Waals surface area contributed by atoms with Crippen LogP contribution in [0.25, 0.3) is 6.08 Å². The molecule has 0 radical (unpaired) electrons. The quantitative estimate of drug-likeness (QED) is 0.211. The fourth-order valence-corrected chi connectivity index (χ4v) is 2.99. The largest absolute Gasteiger partial charge is 0.423 e. The van der Waals surface area contributed by atoms with Gasteiger partial charge >= 0.3 is 5.97 Å². The number of esters is 1. The average Bonchev–Trinajstić information content (AvgIpc) is 2.68. The minimum absolute atomic E-state index is 0.215. The number of aryl methyl sites for hydroxylation is 1. The Labute approximate surface area is 173 Å². The number of benzene rings is 3. The molecule has 0 N–H and O–H groups in total. The third-order valence-electron chi connectivity index (χ3n) is 4.04. The number of ether oxygens (including phenoxy) is 1. The number of allylic oxidation sites excluding steroid dienone is 1. The molecule has 0 spiro atoms. The van der Waals surface area contributed by atoms with E-state index in [2.05, 4.69) is 0 Å². The highest BCUT2D eigenvalue weighted by atomic mass is 35.5. The molecule has 0 saturated heterocycles. The summed E-state index contributed by atoms with van der Waals surface area (Å²) < 4.78 is 5.33. The van der Waals surface area contributed by atoms with Gasteiger partial charge in [-0.15, -0.1) is 0 Å². The molecule has 3 aromatic carbocycles. The Morgan fingerprint density at radius 1 is 0.821 bits per heavy atom. The zero-order valence-corrected chi connectivity index (χ0v) is 16.5. The molecule has 0 aliphatic carbocycles. The number of rotatable bonds is 5. The van der Waals surface area contributed by atoms with Gasteiger partial charge in [-0.25, -0.2) is 4.79 Å². The summed E-state index contributed by atoms with van der Waals surface area (Å²) >= 11 is 12.2. The molecule has 0 heterocycles. The Bertz CT molecular complexity index is 1020. The lowest BCUT2D eigenvalue weighted by Crippen LogP contribution is -2.08. The van der Waals surface area contributed by atoms with Gasteiger partial charge in [0.2, 0.25) is 0 Å². The first-order valence-electron chi connectivity index (χ1n) is 8.49. The van der Waals surface area contributed by atoms with E-state index >= 15 is 0 Å². The minimum atomic E-state index is -0.452. The van der Waals surface area contributed by atoms with Crippen LogP contribution in [0, 0.1) is 6.92 Å². The third-order valence-corrected chi connectivity index (χ3v) is 4.70. The molecule has 0 bridgehead atoms.